The Morgan fingerprint density at radius 3 is 2.43 bits per heavy atom. The van der Waals surface area contributed by atoms with Crippen LogP contribution in [0.2, 0.25) is 0 Å². The number of benzene rings is 1. The summed E-state index contributed by atoms with van der Waals surface area (Å²) in [4.78, 5) is 12.0. The largest absolute Gasteiger partial charge is 0.355 e. The maximum Gasteiger partial charge on any atom is 0.224 e. The Balaban J connectivity index is 0.00000220. The maximum atomic E-state index is 12.0. The molecule has 0 spiro atoms. The third-order valence-corrected chi connectivity index (χ3v) is 4.85. The van der Waals surface area contributed by atoms with Crippen molar-refractivity contribution in [3.8, 4) is 0 Å². The second-order valence-electron chi connectivity index (χ2n) is 5.82. The van der Waals surface area contributed by atoms with Crippen LogP contribution in [0.25, 0.3) is 0 Å². The van der Waals surface area contributed by atoms with E-state index in [2.05, 4.69) is 50.8 Å². The summed E-state index contributed by atoms with van der Waals surface area (Å²) in [6.45, 7) is 3.43. The number of carbonyl (C=O) groups excluding carboxylic acids is 1. The molecule has 1 aromatic carbocycles. The Labute approximate surface area is 141 Å². The lowest BCUT2D eigenvalue weighted by Gasteiger charge is -2.43. The fraction of sp³-hybridized carbons (Fsp3) is 0.562. The van der Waals surface area contributed by atoms with Gasteiger partial charge in [-0.3, -0.25) is 4.79 Å². The minimum atomic E-state index is 0. The Morgan fingerprint density at radius 1 is 1.33 bits per heavy atom. The van der Waals surface area contributed by atoms with Crippen LogP contribution in [0, 0.1) is 5.92 Å². The first-order chi connectivity index (χ1) is 9.57. The summed E-state index contributed by atoms with van der Waals surface area (Å²) >= 11 is 3.47. The van der Waals surface area contributed by atoms with E-state index < -0.39 is 0 Å². The molecule has 1 saturated carbocycles. The predicted molar refractivity (Wildman–Crippen MR) is 93.0 cm³/mol. The number of hydrogen-bond acceptors (Lipinski definition) is 2. The van der Waals surface area contributed by atoms with Crippen LogP contribution in [0.3, 0.4) is 0 Å². The van der Waals surface area contributed by atoms with Crippen molar-refractivity contribution < 1.29 is 4.79 Å². The van der Waals surface area contributed by atoms with Crippen molar-refractivity contribution in [2.24, 2.45) is 5.92 Å². The second kappa shape index (κ2) is 8.16. The van der Waals surface area contributed by atoms with Gasteiger partial charge in [-0.1, -0.05) is 41.4 Å². The summed E-state index contributed by atoms with van der Waals surface area (Å²) in [5, 5.41) is 6.18. The molecular weight excluding hydrogens is 352 g/mol. The zero-order chi connectivity index (χ0) is 14.6. The molecule has 21 heavy (non-hydrogen) atoms. The first kappa shape index (κ1) is 18.5. The quantitative estimate of drug-likeness (QED) is 0.801. The molecule has 0 aliphatic heterocycles. The normalized spacial score (nSPS) is 17.3. The molecule has 3 nitrogen and oxygen atoms in total. The minimum absolute atomic E-state index is 0. The zero-order valence-electron chi connectivity index (χ0n) is 12.6. The van der Waals surface area contributed by atoms with Gasteiger partial charge in [0.05, 0.1) is 0 Å². The molecule has 2 rings (SSSR count). The number of rotatable bonds is 6. The minimum Gasteiger partial charge on any atom is -0.355 e. The van der Waals surface area contributed by atoms with Crippen LogP contribution >= 0.6 is 28.3 Å². The molecule has 1 atom stereocenters. The van der Waals surface area contributed by atoms with E-state index in [-0.39, 0.29) is 29.6 Å². The molecule has 1 aromatic rings. The first-order valence-electron chi connectivity index (χ1n) is 7.26. The zero-order valence-corrected chi connectivity index (χ0v) is 15.0. The van der Waals surface area contributed by atoms with Gasteiger partial charge in [0.15, 0.2) is 0 Å². The molecule has 1 amide bonds. The number of halogens is 2. The first-order valence-corrected chi connectivity index (χ1v) is 8.05. The Kier molecular flexibility index (Phi) is 7.17. The van der Waals surface area contributed by atoms with Crippen molar-refractivity contribution in [2.45, 2.75) is 31.6 Å². The standard InChI is InChI=1S/C16H23BrN2O.ClH/c1-12(10-18-2)15(20)19-11-16(8-3-9-16)13-4-6-14(17)7-5-13;/h4-7,12,18H,3,8-11H2,1-2H3,(H,19,20);1H. The van der Waals surface area contributed by atoms with E-state index in [0.717, 1.165) is 30.4 Å². The van der Waals surface area contributed by atoms with Gasteiger partial charge in [-0.25, -0.2) is 0 Å². The lowest BCUT2D eigenvalue weighted by molar-refractivity contribution is -0.124. The highest BCUT2D eigenvalue weighted by molar-refractivity contribution is 9.10. The van der Waals surface area contributed by atoms with Crippen molar-refractivity contribution in [2.75, 3.05) is 20.1 Å². The molecule has 0 bridgehead atoms. The Morgan fingerprint density at radius 2 is 1.95 bits per heavy atom. The van der Waals surface area contributed by atoms with Crippen LogP contribution in [-0.2, 0) is 10.2 Å². The maximum absolute atomic E-state index is 12.0. The van der Waals surface area contributed by atoms with Gasteiger partial charge in [-0.2, -0.15) is 0 Å². The molecule has 0 radical (unpaired) electrons. The van der Waals surface area contributed by atoms with E-state index in [1.54, 1.807) is 0 Å². The van der Waals surface area contributed by atoms with Crippen LogP contribution < -0.4 is 10.6 Å². The van der Waals surface area contributed by atoms with Crippen LogP contribution in [0.1, 0.15) is 31.7 Å². The van der Waals surface area contributed by atoms with E-state index in [4.69, 9.17) is 0 Å². The van der Waals surface area contributed by atoms with Crippen LogP contribution in [0.5, 0.6) is 0 Å². The third kappa shape index (κ3) is 4.44. The van der Waals surface area contributed by atoms with Crippen molar-refractivity contribution in [1.29, 1.82) is 0 Å². The van der Waals surface area contributed by atoms with Crippen LogP contribution in [0.15, 0.2) is 28.7 Å². The molecule has 0 heterocycles. The average molecular weight is 376 g/mol. The SMILES string of the molecule is CNCC(C)C(=O)NCC1(c2ccc(Br)cc2)CCC1.Cl. The molecule has 118 valence electrons. The topological polar surface area (TPSA) is 41.1 Å². The lowest BCUT2D eigenvalue weighted by atomic mass is 9.64. The van der Waals surface area contributed by atoms with Crippen molar-refractivity contribution >= 4 is 34.2 Å². The predicted octanol–water partition coefficient (Wildman–Crippen LogP) is 3.26. The summed E-state index contributed by atoms with van der Waals surface area (Å²) in [6.07, 6.45) is 3.57. The van der Waals surface area contributed by atoms with Gasteiger partial charge in [-0.05, 0) is 37.6 Å². The van der Waals surface area contributed by atoms with Crippen molar-refractivity contribution in [3.63, 3.8) is 0 Å². The van der Waals surface area contributed by atoms with Gasteiger partial charge < -0.3 is 10.6 Å². The van der Waals surface area contributed by atoms with Gasteiger partial charge in [0.2, 0.25) is 5.91 Å². The van der Waals surface area contributed by atoms with E-state index in [9.17, 15) is 4.79 Å². The fourth-order valence-electron chi connectivity index (χ4n) is 2.80. The highest BCUT2D eigenvalue weighted by atomic mass is 79.9. The van der Waals surface area contributed by atoms with Gasteiger partial charge in [-0.15, -0.1) is 12.4 Å². The molecule has 1 aliphatic rings. The van der Waals surface area contributed by atoms with Crippen LogP contribution in [-0.4, -0.2) is 26.0 Å². The smallest absolute Gasteiger partial charge is 0.224 e. The van der Waals surface area contributed by atoms with E-state index in [0.29, 0.717) is 0 Å². The van der Waals surface area contributed by atoms with Gasteiger partial charge in [0, 0.05) is 28.9 Å². The molecule has 0 saturated heterocycles. The van der Waals surface area contributed by atoms with E-state index in [1.165, 1.54) is 12.0 Å². The molecular formula is C16H24BrClN2O. The number of amides is 1. The summed E-state index contributed by atoms with van der Waals surface area (Å²) < 4.78 is 1.10. The fourth-order valence-corrected chi connectivity index (χ4v) is 3.07. The highest BCUT2D eigenvalue weighted by Crippen LogP contribution is 2.43. The van der Waals surface area contributed by atoms with Gasteiger partial charge in [0.1, 0.15) is 0 Å². The lowest BCUT2D eigenvalue weighted by Crippen LogP contribution is -2.47. The number of carbonyl (C=O) groups is 1. The number of nitrogens with one attached hydrogen (secondary N) is 2. The molecule has 5 heteroatoms. The molecule has 0 aromatic heterocycles. The highest BCUT2D eigenvalue weighted by Gasteiger charge is 2.38. The molecule has 1 unspecified atom stereocenters. The molecule has 1 fully saturated rings. The Hall–Kier alpha value is -0.580. The van der Waals surface area contributed by atoms with Gasteiger partial charge in [0.25, 0.3) is 0 Å². The molecule has 1 aliphatic carbocycles. The van der Waals surface area contributed by atoms with Crippen LogP contribution in [0.4, 0.5) is 0 Å². The summed E-state index contributed by atoms with van der Waals surface area (Å²) in [5.41, 5.74) is 1.49. The van der Waals surface area contributed by atoms with Gasteiger partial charge >= 0.3 is 0 Å². The third-order valence-electron chi connectivity index (χ3n) is 4.33. The summed E-state index contributed by atoms with van der Waals surface area (Å²) in [6, 6.07) is 8.51. The van der Waals surface area contributed by atoms with E-state index >= 15 is 0 Å². The van der Waals surface area contributed by atoms with Crippen molar-refractivity contribution in [3.05, 3.63) is 34.3 Å². The Bertz CT molecular complexity index is 460. The van der Waals surface area contributed by atoms with E-state index in [1.807, 2.05) is 14.0 Å². The summed E-state index contributed by atoms with van der Waals surface area (Å²) in [5.74, 6) is 0.157. The summed E-state index contributed by atoms with van der Waals surface area (Å²) in [7, 11) is 1.87. The monoisotopic (exact) mass is 374 g/mol. The number of hydrogen-bond donors (Lipinski definition) is 2. The molecule has 2 N–H and O–H groups in total. The van der Waals surface area contributed by atoms with Crippen molar-refractivity contribution in [1.82, 2.24) is 10.6 Å². The average Bonchev–Trinajstić information content (AvgIpc) is 2.39. The second-order valence-corrected chi connectivity index (χ2v) is 6.73.